The van der Waals surface area contributed by atoms with Crippen molar-refractivity contribution in [3.05, 3.63) is 34.4 Å². The van der Waals surface area contributed by atoms with Crippen molar-refractivity contribution < 1.29 is 19.7 Å². The lowest BCUT2D eigenvalue weighted by Gasteiger charge is -2.08. The van der Waals surface area contributed by atoms with E-state index in [1.54, 1.807) is 12.1 Å². The van der Waals surface area contributed by atoms with Gasteiger partial charge in [-0.15, -0.1) is 0 Å². The molecule has 0 unspecified atom stereocenters. The number of nitrogens with two attached hydrogens (primary N) is 1. The van der Waals surface area contributed by atoms with Crippen LogP contribution in [0.15, 0.2) is 24.3 Å². The Bertz CT molecular complexity index is 402. The van der Waals surface area contributed by atoms with Crippen LogP contribution >= 0.6 is 0 Å². The molecule has 19 heavy (non-hydrogen) atoms. The number of benzene rings is 1. The van der Waals surface area contributed by atoms with Crippen molar-refractivity contribution in [2.75, 3.05) is 26.3 Å². The van der Waals surface area contributed by atoms with E-state index in [9.17, 15) is 10.1 Å². The highest BCUT2D eigenvalue weighted by atomic mass is 16.6. The summed E-state index contributed by atoms with van der Waals surface area (Å²) >= 11 is 0. The summed E-state index contributed by atoms with van der Waals surface area (Å²) in [5.41, 5.74) is 0.0808. The predicted molar refractivity (Wildman–Crippen MR) is 69.2 cm³/mol. The first kappa shape index (κ1) is 13.8. The zero-order chi connectivity index (χ0) is 13.5. The van der Waals surface area contributed by atoms with Crippen LogP contribution in [0.4, 0.5) is 5.69 Å². The minimum absolute atomic E-state index is 0.0808. The fourth-order valence-electron chi connectivity index (χ4n) is 2.06. The maximum atomic E-state index is 10.5. The highest BCUT2D eigenvalue weighted by molar-refractivity contribution is 5.35. The van der Waals surface area contributed by atoms with Gasteiger partial charge in [0, 0.05) is 18.7 Å². The summed E-state index contributed by atoms with van der Waals surface area (Å²) in [6, 6.07) is 6.15. The van der Waals surface area contributed by atoms with E-state index in [2.05, 4.69) is 5.32 Å². The Morgan fingerprint density at radius 1 is 1.42 bits per heavy atom. The van der Waals surface area contributed by atoms with E-state index < -0.39 is 4.92 Å². The number of hydrogen-bond donors (Lipinski definition) is 1. The van der Waals surface area contributed by atoms with Gasteiger partial charge in [0.05, 0.1) is 4.92 Å². The summed E-state index contributed by atoms with van der Waals surface area (Å²) in [7, 11) is 0. The summed E-state index contributed by atoms with van der Waals surface area (Å²) in [5.74, 6) is 0.663. The summed E-state index contributed by atoms with van der Waals surface area (Å²) in [6.07, 6.45) is 2.71. The second kappa shape index (κ2) is 7.06. The molecule has 0 amide bonds. The predicted octanol–water partition coefficient (Wildman–Crippen LogP) is 0.716. The molecule has 6 nitrogen and oxygen atoms in total. The average molecular weight is 267 g/mol. The molecule has 1 saturated heterocycles. The molecule has 1 atom stereocenters. The smallest absolute Gasteiger partial charge is 0.269 e. The second-order valence-electron chi connectivity index (χ2n) is 4.55. The Balaban J connectivity index is 1.61. The van der Waals surface area contributed by atoms with Crippen molar-refractivity contribution in [2.45, 2.75) is 18.9 Å². The van der Waals surface area contributed by atoms with E-state index in [4.69, 9.17) is 9.47 Å². The monoisotopic (exact) mass is 267 g/mol. The molecule has 1 aliphatic rings. The molecule has 0 aliphatic carbocycles. The van der Waals surface area contributed by atoms with Gasteiger partial charge in [-0.3, -0.25) is 10.1 Å². The van der Waals surface area contributed by atoms with Crippen molar-refractivity contribution >= 4 is 5.69 Å². The number of nitro benzene ring substituents is 1. The maximum absolute atomic E-state index is 10.5. The fraction of sp³-hybridized carbons (Fsp3) is 0.538. The lowest BCUT2D eigenvalue weighted by atomic mass is 10.2. The molecule has 6 heteroatoms. The van der Waals surface area contributed by atoms with E-state index in [1.807, 2.05) is 0 Å². The summed E-state index contributed by atoms with van der Waals surface area (Å²) < 4.78 is 11.0. The summed E-state index contributed by atoms with van der Waals surface area (Å²) in [4.78, 5) is 10.1. The molecule has 1 aromatic carbocycles. The van der Waals surface area contributed by atoms with Crippen LogP contribution in [0.5, 0.6) is 5.75 Å². The maximum Gasteiger partial charge on any atom is 0.269 e. The van der Waals surface area contributed by atoms with Gasteiger partial charge in [0.25, 0.3) is 5.69 Å². The number of non-ortho nitro benzene ring substituents is 1. The van der Waals surface area contributed by atoms with Gasteiger partial charge in [-0.2, -0.15) is 0 Å². The van der Waals surface area contributed by atoms with Gasteiger partial charge >= 0.3 is 0 Å². The van der Waals surface area contributed by atoms with E-state index >= 15 is 0 Å². The Morgan fingerprint density at radius 3 is 2.84 bits per heavy atom. The Kier molecular flexibility index (Phi) is 5.11. The van der Waals surface area contributed by atoms with Gasteiger partial charge in [-0.25, -0.2) is 0 Å². The molecule has 0 radical (unpaired) electrons. The van der Waals surface area contributed by atoms with Crippen molar-refractivity contribution in [2.24, 2.45) is 0 Å². The quantitative estimate of drug-likeness (QED) is 0.448. The van der Waals surface area contributed by atoms with E-state index in [0.717, 1.165) is 32.5 Å². The summed E-state index contributed by atoms with van der Waals surface area (Å²) in [5, 5.41) is 12.7. The molecule has 0 aromatic heterocycles. The third-order valence-electron chi connectivity index (χ3n) is 3.09. The topological polar surface area (TPSA) is 78.2 Å². The van der Waals surface area contributed by atoms with E-state index in [0.29, 0.717) is 18.5 Å². The van der Waals surface area contributed by atoms with Gasteiger partial charge in [-0.05, 0) is 25.0 Å². The first-order valence-corrected chi connectivity index (χ1v) is 6.56. The highest BCUT2D eigenvalue weighted by Crippen LogP contribution is 2.16. The molecule has 1 fully saturated rings. The number of quaternary nitrogens is 1. The second-order valence-corrected chi connectivity index (χ2v) is 4.55. The first-order chi connectivity index (χ1) is 9.25. The fourth-order valence-corrected chi connectivity index (χ4v) is 2.06. The molecular weight excluding hydrogens is 248 g/mol. The largest absolute Gasteiger partial charge is 0.488 e. The Hall–Kier alpha value is -1.66. The van der Waals surface area contributed by atoms with Crippen LogP contribution in [0.2, 0.25) is 0 Å². The minimum Gasteiger partial charge on any atom is -0.488 e. The minimum atomic E-state index is -0.418. The third kappa shape index (κ3) is 4.50. The number of nitrogens with zero attached hydrogens (tertiary/aromatic N) is 1. The number of ether oxygens (including phenoxy) is 2. The van der Waals surface area contributed by atoms with Crippen LogP contribution < -0.4 is 10.1 Å². The Labute approximate surface area is 111 Å². The van der Waals surface area contributed by atoms with Crippen LogP contribution in [0.3, 0.4) is 0 Å². The number of rotatable bonds is 7. The number of hydrogen-bond acceptors (Lipinski definition) is 4. The SMILES string of the molecule is O=[N+]([O-])c1ccc(OCC[NH2+]C[C@@H]2CCCO2)cc1. The van der Waals surface area contributed by atoms with Gasteiger partial charge in [0.15, 0.2) is 0 Å². The van der Waals surface area contributed by atoms with E-state index in [1.165, 1.54) is 12.1 Å². The normalized spacial score (nSPS) is 18.4. The van der Waals surface area contributed by atoms with Gasteiger partial charge in [0.1, 0.15) is 31.5 Å². The van der Waals surface area contributed by atoms with Crippen LogP contribution in [0.25, 0.3) is 0 Å². The molecule has 2 rings (SSSR count). The van der Waals surface area contributed by atoms with Crippen molar-refractivity contribution in [3.8, 4) is 5.75 Å². The van der Waals surface area contributed by atoms with Gasteiger partial charge < -0.3 is 14.8 Å². The molecule has 0 bridgehead atoms. The van der Waals surface area contributed by atoms with Crippen LogP contribution in [0, 0.1) is 10.1 Å². The Morgan fingerprint density at radius 2 is 2.21 bits per heavy atom. The zero-order valence-electron chi connectivity index (χ0n) is 10.8. The lowest BCUT2D eigenvalue weighted by Crippen LogP contribution is -2.87. The van der Waals surface area contributed by atoms with Crippen LogP contribution in [-0.2, 0) is 4.74 Å². The molecule has 0 saturated carbocycles. The molecule has 1 aromatic rings. The van der Waals surface area contributed by atoms with Crippen molar-refractivity contribution in [1.82, 2.24) is 0 Å². The standard InChI is InChI=1S/C13H18N2O4/c16-15(17)11-3-5-12(6-4-11)19-9-7-14-10-13-2-1-8-18-13/h3-6,13-14H,1-2,7-10H2/p+1/t13-/m0/s1. The third-order valence-corrected chi connectivity index (χ3v) is 3.09. The summed E-state index contributed by atoms with van der Waals surface area (Å²) in [6.45, 7) is 3.31. The molecular formula is C13H19N2O4+. The molecule has 0 spiro atoms. The first-order valence-electron chi connectivity index (χ1n) is 6.56. The highest BCUT2D eigenvalue weighted by Gasteiger charge is 2.16. The van der Waals surface area contributed by atoms with Crippen LogP contribution in [0.1, 0.15) is 12.8 Å². The van der Waals surface area contributed by atoms with Crippen molar-refractivity contribution in [1.29, 1.82) is 0 Å². The number of nitro groups is 1. The van der Waals surface area contributed by atoms with Gasteiger partial charge in [0.2, 0.25) is 0 Å². The van der Waals surface area contributed by atoms with Gasteiger partial charge in [-0.1, -0.05) is 0 Å². The molecule has 1 aliphatic heterocycles. The zero-order valence-corrected chi connectivity index (χ0v) is 10.8. The van der Waals surface area contributed by atoms with Crippen LogP contribution in [-0.4, -0.2) is 37.3 Å². The lowest BCUT2D eigenvalue weighted by molar-refractivity contribution is -0.661. The average Bonchev–Trinajstić information content (AvgIpc) is 2.92. The molecule has 1 heterocycles. The van der Waals surface area contributed by atoms with E-state index in [-0.39, 0.29) is 5.69 Å². The molecule has 2 N–H and O–H groups in total. The molecule has 104 valence electrons. The van der Waals surface area contributed by atoms with Crippen molar-refractivity contribution in [3.63, 3.8) is 0 Å².